The van der Waals surface area contributed by atoms with Crippen molar-refractivity contribution in [2.24, 2.45) is 5.73 Å². The number of rotatable bonds is 3. The second-order valence-corrected chi connectivity index (χ2v) is 4.71. The van der Waals surface area contributed by atoms with Gasteiger partial charge in [0.05, 0.1) is 10.6 Å². The molecule has 3 N–H and O–H groups in total. The van der Waals surface area contributed by atoms with E-state index in [1.54, 1.807) is 12.1 Å². The van der Waals surface area contributed by atoms with Gasteiger partial charge in [-0.3, -0.25) is 4.79 Å². The molecule has 0 heterocycles. The fraction of sp³-hybridized carbons (Fsp3) is 0.133. The number of hydrogen-bond donors (Lipinski definition) is 2. The van der Waals surface area contributed by atoms with Crippen molar-refractivity contribution in [2.75, 3.05) is 5.32 Å². The van der Waals surface area contributed by atoms with Crippen molar-refractivity contribution in [3.8, 4) is 0 Å². The number of benzene rings is 2. The molecular weight excluding hydrogens is 260 g/mol. The molecule has 0 aromatic heterocycles. The highest BCUT2D eigenvalue weighted by atomic mass is 35.5. The Hall–Kier alpha value is -1.84. The van der Waals surface area contributed by atoms with Gasteiger partial charge in [-0.05, 0) is 36.2 Å². The van der Waals surface area contributed by atoms with Crippen LogP contribution in [-0.4, -0.2) is 5.91 Å². The summed E-state index contributed by atoms with van der Waals surface area (Å²) in [6.45, 7) is 2.30. The molecule has 0 saturated heterocycles. The number of nitrogens with one attached hydrogen (secondary N) is 1. The highest BCUT2D eigenvalue weighted by Gasteiger charge is 2.11. The summed E-state index contributed by atoms with van der Waals surface area (Å²) in [4.78, 5) is 12.2. The standard InChI is InChI=1S/C15H15ClN2O/c1-10-6-7-12(13(16)8-10)15(19)18-14-5-3-2-4-11(14)9-17/h2-8H,9,17H2,1H3,(H,18,19). The number of carbonyl (C=O) groups excluding carboxylic acids is 1. The fourth-order valence-electron chi connectivity index (χ4n) is 1.81. The number of hydrogen-bond acceptors (Lipinski definition) is 2. The summed E-state index contributed by atoms with van der Waals surface area (Å²) < 4.78 is 0. The van der Waals surface area contributed by atoms with Crippen molar-refractivity contribution in [3.05, 3.63) is 64.2 Å². The minimum absolute atomic E-state index is 0.231. The van der Waals surface area contributed by atoms with E-state index >= 15 is 0 Å². The molecule has 0 aliphatic heterocycles. The maximum absolute atomic E-state index is 12.2. The van der Waals surface area contributed by atoms with Crippen molar-refractivity contribution in [3.63, 3.8) is 0 Å². The first kappa shape index (κ1) is 13.6. The van der Waals surface area contributed by atoms with Crippen LogP contribution < -0.4 is 11.1 Å². The van der Waals surface area contributed by atoms with Gasteiger partial charge in [0.15, 0.2) is 0 Å². The van der Waals surface area contributed by atoms with Crippen molar-refractivity contribution in [2.45, 2.75) is 13.5 Å². The van der Waals surface area contributed by atoms with Gasteiger partial charge >= 0.3 is 0 Å². The van der Waals surface area contributed by atoms with Gasteiger partial charge in [-0.25, -0.2) is 0 Å². The molecule has 0 radical (unpaired) electrons. The van der Waals surface area contributed by atoms with Crippen molar-refractivity contribution >= 4 is 23.2 Å². The van der Waals surface area contributed by atoms with Gasteiger partial charge in [0.2, 0.25) is 0 Å². The van der Waals surface area contributed by atoms with E-state index in [-0.39, 0.29) is 5.91 Å². The molecule has 0 aliphatic rings. The number of aryl methyl sites for hydroxylation is 1. The first-order chi connectivity index (χ1) is 9.11. The Balaban J connectivity index is 2.26. The fourth-order valence-corrected chi connectivity index (χ4v) is 2.14. The highest BCUT2D eigenvalue weighted by Crippen LogP contribution is 2.20. The highest BCUT2D eigenvalue weighted by molar-refractivity contribution is 6.34. The van der Waals surface area contributed by atoms with Crippen LogP contribution in [0.2, 0.25) is 5.02 Å². The van der Waals surface area contributed by atoms with Crippen LogP contribution in [-0.2, 0) is 6.54 Å². The van der Waals surface area contributed by atoms with E-state index in [4.69, 9.17) is 17.3 Å². The molecule has 2 aromatic rings. The van der Waals surface area contributed by atoms with Crippen LogP contribution in [0.4, 0.5) is 5.69 Å². The minimum Gasteiger partial charge on any atom is -0.326 e. The number of amides is 1. The summed E-state index contributed by atoms with van der Waals surface area (Å²) in [5, 5.41) is 3.28. The first-order valence-electron chi connectivity index (χ1n) is 5.97. The Morgan fingerprint density at radius 1 is 1.26 bits per heavy atom. The molecule has 19 heavy (non-hydrogen) atoms. The van der Waals surface area contributed by atoms with Gasteiger partial charge in [0, 0.05) is 12.2 Å². The van der Waals surface area contributed by atoms with Gasteiger partial charge in [0.1, 0.15) is 0 Å². The predicted molar refractivity (Wildman–Crippen MR) is 78.5 cm³/mol. The molecule has 3 nitrogen and oxygen atoms in total. The van der Waals surface area contributed by atoms with Crippen LogP contribution in [0.1, 0.15) is 21.5 Å². The number of anilines is 1. The van der Waals surface area contributed by atoms with Crippen LogP contribution in [0, 0.1) is 6.92 Å². The Labute approximate surface area is 117 Å². The molecule has 98 valence electrons. The second-order valence-electron chi connectivity index (χ2n) is 4.30. The minimum atomic E-state index is -0.231. The SMILES string of the molecule is Cc1ccc(C(=O)Nc2ccccc2CN)c(Cl)c1. The average Bonchev–Trinajstić information content (AvgIpc) is 2.39. The number of halogens is 1. The molecule has 0 unspecified atom stereocenters. The van der Waals surface area contributed by atoms with E-state index in [2.05, 4.69) is 5.32 Å². The topological polar surface area (TPSA) is 55.1 Å². The van der Waals surface area contributed by atoms with Gasteiger partial charge in [-0.1, -0.05) is 35.9 Å². The summed E-state index contributed by atoms with van der Waals surface area (Å²) in [5.41, 5.74) is 8.71. The third-order valence-electron chi connectivity index (χ3n) is 2.85. The quantitative estimate of drug-likeness (QED) is 0.902. The van der Waals surface area contributed by atoms with Gasteiger partial charge in [-0.15, -0.1) is 0 Å². The Morgan fingerprint density at radius 2 is 2.00 bits per heavy atom. The summed E-state index contributed by atoms with van der Waals surface area (Å²) in [7, 11) is 0. The number of para-hydroxylation sites is 1. The molecule has 2 rings (SSSR count). The van der Waals surface area contributed by atoms with Gasteiger partial charge < -0.3 is 11.1 Å². The van der Waals surface area contributed by atoms with E-state index in [0.29, 0.717) is 22.8 Å². The van der Waals surface area contributed by atoms with Crippen LogP contribution in [0.5, 0.6) is 0 Å². The molecular formula is C15H15ClN2O. The van der Waals surface area contributed by atoms with Gasteiger partial charge in [0.25, 0.3) is 5.91 Å². The molecule has 0 saturated carbocycles. The van der Waals surface area contributed by atoms with E-state index in [9.17, 15) is 4.79 Å². The Bertz CT molecular complexity index is 611. The van der Waals surface area contributed by atoms with E-state index < -0.39 is 0 Å². The summed E-state index contributed by atoms with van der Waals surface area (Å²) in [6, 6.07) is 12.8. The van der Waals surface area contributed by atoms with Crippen molar-refractivity contribution < 1.29 is 4.79 Å². The van der Waals surface area contributed by atoms with Crippen molar-refractivity contribution in [1.82, 2.24) is 0 Å². The van der Waals surface area contributed by atoms with E-state index in [0.717, 1.165) is 11.1 Å². The third-order valence-corrected chi connectivity index (χ3v) is 3.17. The molecule has 0 fully saturated rings. The zero-order chi connectivity index (χ0) is 13.8. The molecule has 0 spiro atoms. The molecule has 2 aromatic carbocycles. The van der Waals surface area contributed by atoms with E-state index in [1.807, 2.05) is 37.3 Å². The lowest BCUT2D eigenvalue weighted by atomic mass is 10.1. The summed E-state index contributed by atoms with van der Waals surface area (Å²) in [5.74, 6) is -0.231. The molecule has 1 amide bonds. The van der Waals surface area contributed by atoms with Crippen molar-refractivity contribution in [1.29, 1.82) is 0 Å². The van der Waals surface area contributed by atoms with Crippen LogP contribution in [0.3, 0.4) is 0 Å². The smallest absolute Gasteiger partial charge is 0.257 e. The maximum atomic E-state index is 12.2. The number of carbonyl (C=O) groups is 1. The first-order valence-corrected chi connectivity index (χ1v) is 6.35. The largest absolute Gasteiger partial charge is 0.326 e. The molecule has 0 bridgehead atoms. The molecule has 0 atom stereocenters. The lowest BCUT2D eigenvalue weighted by Gasteiger charge is -2.10. The lowest BCUT2D eigenvalue weighted by molar-refractivity contribution is 0.102. The number of nitrogens with two attached hydrogens (primary N) is 1. The Morgan fingerprint density at radius 3 is 2.68 bits per heavy atom. The summed E-state index contributed by atoms with van der Waals surface area (Å²) in [6.07, 6.45) is 0. The summed E-state index contributed by atoms with van der Waals surface area (Å²) >= 11 is 6.08. The second kappa shape index (κ2) is 5.87. The van der Waals surface area contributed by atoms with Gasteiger partial charge in [-0.2, -0.15) is 0 Å². The molecule has 0 aliphatic carbocycles. The normalized spacial score (nSPS) is 10.3. The monoisotopic (exact) mass is 274 g/mol. The van der Waals surface area contributed by atoms with Crippen LogP contribution in [0.15, 0.2) is 42.5 Å². The predicted octanol–water partition coefficient (Wildman–Crippen LogP) is 3.36. The molecule has 4 heteroatoms. The third kappa shape index (κ3) is 3.13. The Kier molecular flexibility index (Phi) is 4.20. The lowest BCUT2D eigenvalue weighted by Crippen LogP contribution is -2.14. The zero-order valence-corrected chi connectivity index (χ0v) is 11.4. The maximum Gasteiger partial charge on any atom is 0.257 e. The van der Waals surface area contributed by atoms with Crippen LogP contribution in [0.25, 0.3) is 0 Å². The van der Waals surface area contributed by atoms with E-state index in [1.165, 1.54) is 0 Å². The zero-order valence-electron chi connectivity index (χ0n) is 10.6. The average molecular weight is 275 g/mol. The van der Waals surface area contributed by atoms with Crippen LogP contribution >= 0.6 is 11.6 Å².